The molecule has 2 saturated heterocycles. The van der Waals surface area contributed by atoms with Gasteiger partial charge in [0, 0.05) is 38.2 Å². The maximum Gasteiger partial charge on any atom is 0.134 e. The highest BCUT2D eigenvalue weighted by Gasteiger charge is 2.31. The van der Waals surface area contributed by atoms with Crippen LogP contribution in [0.2, 0.25) is 0 Å². The molecule has 98 valence electrons. The summed E-state index contributed by atoms with van der Waals surface area (Å²) in [6.07, 6.45) is 3.49. The zero-order valence-corrected chi connectivity index (χ0v) is 11.0. The van der Waals surface area contributed by atoms with Crippen molar-refractivity contribution in [2.75, 3.05) is 36.8 Å². The van der Waals surface area contributed by atoms with Gasteiger partial charge in [-0.05, 0) is 19.4 Å². The molecule has 3 rings (SSSR count). The number of nitrogen functional groups attached to an aromatic ring is 1. The molecule has 5 heteroatoms. The van der Waals surface area contributed by atoms with E-state index in [1.54, 1.807) is 0 Å². The van der Waals surface area contributed by atoms with Gasteiger partial charge in [0.2, 0.25) is 0 Å². The van der Waals surface area contributed by atoms with Crippen LogP contribution in [-0.4, -0.2) is 47.1 Å². The third-order valence-corrected chi connectivity index (χ3v) is 4.01. The number of aryl methyl sites for hydroxylation is 1. The highest BCUT2D eigenvalue weighted by atomic mass is 15.3. The molecule has 1 aromatic heterocycles. The third-order valence-electron chi connectivity index (χ3n) is 4.01. The number of hydrogen-bond donors (Lipinski definition) is 1. The Morgan fingerprint density at radius 1 is 1.33 bits per heavy atom. The third kappa shape index (κ3) is 2.14. The van der Waals surface area contributed by atoms with Crippen LogP contribution in [0.3, 0.4) is 0 Å². The molecule has 0 saturated carbocycles. The van der Waals surface area contributed by atoms with E-state index in [2.05, 4.69) is 26.7 Å². The molecule has 2 N–H and O–H groups in total. The summed E-state index contributed by atoms with van der Waals surface area (Å²) in [7, 11) is 0. The van der Waals surface area contributed by atoms with Gasteiger partial charge in [-0.25, -0.2) is 9.97 Å². The molecule has 3 heterocycles. The summed E-state index contributed by atoms with van der Waals surface area (Å²) in [6.45, 7) is 6.61. The number of anilines is 2. The molecular weight excluding hydrogens is 226 g/mol. The van der Waals surface area contributed by atoms with Crippen LogP contribution in [0.25, 0.3) is 0 Å². The number of nitrogens with zero attached hydrogens (tertiary/aromatic N) is 4. The number of nitrogens with two attached hydrogens (primary N) is 1. The Morgan fingerprint density at radius 2 is 2.22 bits per heavy atom. The first-order valence-electron chi connectivity index (χ1n) is 6.88. The summed E-state index contributed by atoms with van der Waals surface area (Å²) in [5.41, 5.74) is 5.86. The Bertz CT molecular complexity index is 433. The zero-order chi connectivity index (χ0) is 12.5. The summed E-state index contributed by atoms with van der Waals surface area (Å²) in [4.78, 5) is 13.8. The van der Waals surface area contributed by atoms with Crippen molar-refractivity contribution in [3.8, 4) is 0 Å². The molecule has 0 spiro atoms. The maximum atomic E-state index is 5.86. The average Bonchev–Trinajstić information content (AvgIpc) is 2.85. The van der Waals surface area contributed by atoms with Crippen molar-refractivity contribution >= 4 is 11.6 Å². The van der Waals surface area contributed by atoms with E-state index in [1.165, 1.54) is 19.4 Å². The van der Waals surface area contributed by atoms with Gasteiger partial charge in [0.1, 0.15) is 17.5 Å². The van der Waals surface area contributed by atoms with Gasteiger partial charge in [0.05, 0.1) is 0 Å². The Labute approximate surface area is 108 Å². The average molecular weight is 247 g/mol. The van der Waals surface area contributed by atoms with Crippen molar-refractivity contribution in [1.82, 2.24) is 14.9 Å². The molecular formula is C13H21N5. The quantitative estimate of drug-likeness (QED) is 0.841. The standard InChI is InChI=1S/C13H21N5/c1-2-12-15-11(14)8-13(16-12)18-7-6-17-5-3-4-10(17)9-18/h8,10H,2-7,9H2,1H3,(H2,14,15,16). The largest absolute Gasteiger partial charge is 0.384 e. The smallest absolute Gasteiger partial charge is 0.134 e. The molecule has 2 aliphatic heterocycles. The minimum atomic E-state index is 0.589. The lowest BCUT2D eigenvalue weighted by Gasteiger charge is -2.38. The second-order valence-corrected chi connectivity index (χ2v) is 5.20. The molecule has 2 fully saturated rings. The van der Waals surface area contributed by atoms with Crippen LogP contribution in [0.5, 0.6) is 0 Å². The molecule has 0 amide bonds. The highest BCUT2D eigenvalue weighted by Crippen LogP contribution is 2.25. The fourth-order valence-corrected chi connectivity index (χ4v) is 3.02. The van der Waals surface area contributed by atoms with Crippen molar-refractivity contribution in [1.29, 1.82) is 0 Å². The van der Waals surface area contributed by atoms with Gasteiger partial charge in [0.15, 0.2) is 0 Å². The molecule has 5 nitrogen and oxygen atoms in total. The number of hydrogen-bond acceptors (Lipinski definition) is 5. The lowest BCUT2D eigenvalue weighted by atomic mass is 10.1. The summed E-state index contributed by atoms with van der Waals surface area (Å²) in [5.74, 6) is 2.44. The summed E-state index contributed by atoms with van der Waals surface area (Å²) < 4.78 is 0. The van der Waals surface area contributed by atoms with Crippen LogP contribution in [0.15, 0.2) is 6.07 Å². The molecule has 0 radical (unpaired) electrons. The van der Waals surface area contributed by atoms with Gasteiger partial charge in [-0.1, -0.05) is 6.92 Å². The van der Waals surface area contributed by atoms with E-state index in [0.29, 0.717) is 11.9 Å². The van der Waals surface area contributed by atoms with Crippen molar-refractivity contribution in [2.45, 2.75) is 32.2 Å². The van der Waals surface area contributed by atoms with Crippen molar-refractivity contribution < 1.29 is 0 Å². The molecule has 18 heavy (non-hydrogen) atoms. The lowest BCUT2D eigenvalue weighted by Crippen LogP contribution is -2.50. The van der Waals surface area contributed by atoms with Gasteiger partial charge < -0.3 is 10.6 Å². The molecule has 2 aliphatic rings. The number of piperazine rings is 1. The van der Waals surface area contributed by atoms with Gasteiger partial charge in [-0.2, -0.15) is 0 Å². The van der Waals surface area contributed by atoms with Crippen LogP contribution in [0.1, 0.15) is 25.6 Å². The van der Waals surface area contributed by atoms with E-state index >= 15 is 0 Å². The number of aromatic nitrogens is 2. The van der Waals surface area contributed by atoms with Gasteiger partial charge in [-0.3, -0.25) is 4.90 Å². The SMILES string of the molecule is CCc1nc(N)cc(N2CCN3CCCC3C2)n1. The Balaban J connectivity index is 1.80. The maximum absolute atomic E-state index is 5.86. The number of rotatable bonds is 2. The molecule has 0 bridgehead atoms. The second-order valence-electron chi connectivity index (χ2n) is 5.20. The second kappa shape index (κ2) is 4.72. The van der Waals surface area contributed by atoms with Gasteiger partial charge >= 0.3 is 0 Å². The van der Waals surface area contributed by atoms with E-state index in [4.69, 9.17) is 5.73 Å². The normalized spacial score (nSPS) is 24.3. The minimum absolute atomic E-state index is 0.589. The predicted molar refractivity (Wildman–Crippen MR) is 72.6 cm³/mol. The highest BCUT2D eigenvalue weighted by molar-refractivity contribution is 5.47. The van der Waals surface area contributed by atoms with Crippen molar-refractivity contribution in [3.05, 3.63) is 11.9 Å². The van der Waals surface area contributed by atoms with Gasteiger partial charge in [-0.15, -0.1) is 0 Å². The fourth-order valence-electron chi connectivity index (χ4n) is 3.02. The first kappa shape index (κ1) is 11.7. The summed E-state index contributed by atoms with van der Waals surface area (Å²) in [5, 5.41) is 0. The first-order chi connectivity index (χ1) is 8.76. The fraction of sp³-hybridized carbons (Fsp3) is 0.692. The summed E-state index contributed by atoms with van der Waals surface area (Å²) in [6, 6.07) is 2.61. The van der Waals surface area contributed by atoms with Gasteiger partial charge in [0.25, 0.3) is 0 Å². The van der Waals surface area contributed by atoms with Crippen LogP contribution in [-0.2, 0) is 6.42 Å². The monoisotopic (exact) mass is 247 g/mol. The predicted octanol–water partition coefficient (Wildman–Crippen LogP) is 0.906. The van der Waals surface area contributed by atoms with Crippen LogP contribution >= 0.6 is 0 Å². The lowest BCUT2D eigenvalue weighted by molar-refractivity contribution is 0.230. The Morgan fingerprint density at radius 3 is 3.06 bits per heavy atom. The van der Waals surface area contributed by atoms with Crippen LogP contribution < -0.4 is 10.6 Å². The van der Waals surface area contributed by atoms with E-state index in [0.717, 1.165) is 37.7 Å². The molecule has 0 aromatic carbocycles. The van der Waals surface area contributed by atoms with E-state index in [-0.39, 0.29) is 0 Å². The summed E-state index contributed by atoms with van der Waals surface area (Å²) >= 11 is 0. The zero-order valence-electron chi connectivity index (χ0n) is 11.0. The van der Waals surface area contributed by atoms with Crippen LogP contribution in [0, 0.1) is 0 Å². The molecule has 1 aromatic rings. The van der Waals surface area contributed by atoms with Crippen molar-refractivity contribution in [3.63, 3.8) is 0 Å². The molecule has 0 aliphatic carbocycles. The minimum Gasteiger partial charge on any atom is -0.384 e. The first-order valence-corrected chi connectivity index (χ1v) is 6.88. The van der Waals surface area contributed by atoms with Crippen molar-refractivity contribution in [2.24, 2.45) is 0 Å². The molecule has 1 unspecified atom stereocenters. The van der Waals surface area contributed by atoms with E-state index in [1.807, 2.05) is 6.07 Å². The molecule has 1 atom stereocenters. The van der Waals surface area contributed by atoms with Crippen LogP contribution in [0.4, 0.5) is 11.6 Å². The topological polar surface area (TPSA) is 58.3 Å². The Kier molecular flexibility index (Phi) is 3.07. The van der Waals surface area contributed by atoms with E-state index in [9.17, 15) is 0 Å². The number of fused-ring (bicyclic) bond motifs is 1. The van der Waals surface area contributed by atoms with E-state index < -0.39 is 0 Å². The Hall–Kier alpha value is -1.36.